The Balaban J connectivity index is 2.71. The minimum atomic E-state index is 0.146. The van der Waals surface area contributed by atoms with Gasteiger partial charge >= 0.3 is 0 Å². The lowest BCUT2D eigenvalue weighted by Gasteiger charge is -2.27. The molecular weight excluding hydrogens is 208 g/mol. The van der Waals surface area contributed by atoms with E-state index in [9.17, 15) is 0 Å². The van der Waals surface area contributed by atoms with E-state index >= 15 is 0 Å². The first kappa shape index (κ1) is 14.2. The van der Waals surface area contributed by atoms with Gasteiger partial charge in [-0.2, -0.15) is 0 Å². The summed E-state index contributed by atoms with van der Waals surface area (Å²) in [6, 6.07) is 6.95. The first-order valence-electron chi connectivity index (χ1n) is 6.37. The van der Waals surface area contributed by atoms with Gasteiger partial charge in [-0.3, -0.25) is 0 Å². The van der Waals surface area contributed by atoms with Gasteiger partial charge in [-0.05, 0) is 37.5 Å². The van der Waals surface area contributed by atoms with Crippen molar-refractivity contribution >= 4 is 0 Å². The normalized spacial score (nSPS) is 13.8. The molecule has 1 rings (SSSR count). The Morgan fingerprint density at radius 3 is 2.41 bits per heavy atom. The van der Waals surface area contributed by atoms with Crippen LogP contribution in [-0.4, -0.2) is 19.1 Å². The van der Waals surface area contributed by atoms with Gasteiger partial charge in [-0.15, -0.1) is 0 Å². The van der Waals surface area contributed by atoms with Crippen molar-refractivity contribution in [2.24, 2.45) is 5.73 Å². The lowest BCUT2D eigenvalue weighted by molar-refractivity contribution is 0.458. The van der Waals surface area contributed by atoms with Crippen LogP contribution in [0.4, 0.5) is 0 Å². The number of aryl methyl sites for hydroxylation is 2. The first-order chi connectivity index (χ1) is 7.83. The van der Waals surface area contributed by atoms with Crippen LogP contribution < -0.4 is 11.1 Å². The number of hydrogen-bond donors (Lipinski definition) is 2. The van der Waals surface area contributed by atoms with E-state index in [0.717, 1.165) is 13.1 Å². The van der Waals surface area contributed by atoms with Crippen LogP contribution in [0.5, 0.6) is 0 Å². The minimum Gasteiger partial charge on any atom is -0.327 e. The SMILES string of the molecule is Cc1ccc(C(C)(C)CNCC(C)N)cc1C. The van der Waals surface area contributed by atoms with Gasteiger partial charge in [-0.1, -0.05) is 32.0 Å². The summed E-state index contributed by atoms with van der Waals surface area (Å²) in [6.07, 6.45) is 0. The standard InChI is InChI=1S/C15H26N2/c1-11-6-7-14(8-12(11)2)15(4,5)10-17-9-13(3)16/h6-8,13,17H,9-10,16H2,1-5H3. The Labute approximate surface area is 106 Å². The van der Waals surface area contributed by atoms with Gasteiger partial charge in [0.2, 0.25) is 0 Å². The zero-order valence-electron chi connectivity index (χ0n) is 11.8. The zero-order valence-corrected chi connectivity index (χ0v) is 11.8. The second kappa shape index (κ2) is 5.65. The molecule has 17 heavy (non-hydrogen) atoms. The average Bonchev–Trinajstić information content (AvgIpc) is 2.21. The van der Waals surface area contributed by atoms with Crippen LogP contribution in [0.1, 0.15) is 37.5 Å². The quantitative estimate of drug-likeness (QED) is 0.821. The van der Waals surface area contributed by atoms with Crippen LogP contribution in [0.25, 0.3) is 0 Å². The van der Waals surface area contributed by atoms with Gasteiger partial charge in [0.15, 0.2) is 0 Å². The Morgan fingerprint density at radius 1 is 1.24 bits per heavy atom. The number of hydrogen-bond acceptors (Lipinski definition) is 2. The van der Waals surface area contributed by atoms with E-state index in [2.05, 4.69) is 51.2 Å². The fourth-order valence-electron chi connectivity index (χ4n) is 1.88. The zero-order chi connectivity index (χ0) is 13.1. The molecule has 2 heteroatoms. The first-order valence-corrected chi connectivity index (χ1v) is 6.37. The lowest BCUT2D eigenvalue weighted by Crippen LogP contribution is -2.38. The fraction of sp³-hybridized carbons (Fsp3) is 0.600. The van der Waals surface area contributed by atoms with Gasteiger partial charge in [-0.25, -0.2) is 0 Å². The van der Waals surface area contributed by atoms with Crippen molar-refractivity contribution < 1.29 is 0 Å². The van der Waals surface area contributed by atoms with Crippen molar-refractivity contribution in [3.05, 3.63) is 34.9 Å². The van der Waals surface area contributed by atoms with E-state index < -0.39 is 0 Å². The molecule has 0 heterocycles. The van der Waals surface area contributed by atoms with E-state index in [-0.39, 0.29) is 11.5 Å². The third kappa shape index (κ3) is 4.14. The highest BCUT2D eigenvalue weighted by Gasteiger charge is 2.20. The summed E-state index contributed by atoms with van der Waals surface area (Å²) >= 11 is 0. The maximum Gasteiger partial charge on any atom is 0.0136 e. The topological polar surface area (TPSA) is 38.0 Å². The molecule has 0 aliphatic carbocycles. The molecule has 1 aromatic carbocycles. The number of benzene rings is 1. The summed E-state index contributed by atoms with van der Waals surface area (Å²) in [5.74, 6) is 0. The fourth-order valence-corrected chi connectivity index (χ4v) is 1.88. The summed E-state index contributed by atoms with van der Waals surface area (Å²) in [4.78, 5) is 0. The molecule has 1 aromatic rings. The molecule has 0 aromatic heterocycles. The predicted octanol–water partition coefficient (Wildman–Crippen LogP) is 2.52. The van der Waals surface area contributed by atoms with Crippen LogP contribution in [-0.2, 0) is 5.41 Å². The van der Waals surface area contributed by atoms with Crippen LogP contribution in [0.3, 0.4) is 0 Å². The number of rotatable bonds is 5. The summed E-state index contributed by atoms with van der Waals surface area (Å²) in [6.45, 7) is 12.7. The molecule has 0 aliphatic heterocycles. The highest BCUT2D eigenvalue weighted by Crippen LogP contribution is 2.24. The molecule has 0 spiro atoms. The minimum absolute atomic E-state index is 0.146. The van der Waals surface area contributed by atoms with Crippen molar-refractivity contribution in [1.29, 1.82) is 0 Å². The molecule has 1 unspecified atom stereocenters. The molecule has 0 aliphatic rings. The lowest BCUT2D eigenvalue weighted by atomic mass is 9.83. The average molecular weight is 234 g/mol. The molecule has 3 N–H and O–H groups in total. The Bertz CT molecular complexity index is 367. The van der Waals surface area contributed by atoms with Crippen LogP contribution in [0.15, 0.2) is 18.2 Å². The Hall–Kier alpha value is -0.860. The maximum absolute atomic E-state index is 5.74. The molecule has 0 saturated carbocycles. The molecule has 96 valence electrons. The van der Waals surface area contributed by atoms with E-state index in [1.54, 1.807) is 0 Å². The molecular formula is C15H26N2. The van der Waals surface area contributed by atoms with E-state index in [4.69, 9.17) is 5.73 Å². The van der Waals surface area contributed by atoms with E-state index in [1.165, 1.54) is 16.7 Å². The second-order valence-corrected chi connectivity index (χ2v) is 5.79. The number of nitrogens with two attached hydrogens (primary N) is 1. The highest BCUT2D eigenvalue weighted by molar-refractivity contribution is 5.34. The van der Waals surface area contributed by atoms with Crippen LogP contribution in [0, 0.1) is 13.8 Å². The third-order valence-electron chi connectivity index (χ3n) is 3.32. The maximum atomic E-state index is 5.74. The largest absolute Gasteiger partial charge is 0.327 e. The van der Waals surface area contributed by atoms with E-state index in [1.807, 2.05) is 6.92 Å². The smallest absolute Gasteiger partial charge is 0.0136 e. The monoisotopic (exact) mass is 234 g/mol. The van der Waals surface area contributed by atoms with Crippen molar-refractivity contribution in [2.75, 3.05) is 13.1 Å². The molecule has 0 bridgehead atoms. The Kier molecular flexibility index (Phi) is 4.72. The van der Waals surface area contributed by atoms with Gasteiger partial charge < -0.3 is 11.1 Å². The third-order valence-corrected chi connectivity index (χ3v) is 3.32. The van der Waals surface area contributed by atoms with Crippen molar-refractivity contribution in [1.82, 2.24) is 5.32 Å². The molecule has 0 amide bonds. The van der Waals surface area contributed by atoms with Crippen LogP contribution >= 0.6 is 0 Å². The van der Waals surface area contributed by atoms with Crippen molar-refractivity contribution in [2.45, 2.75) is 46.1 Å². The molecule has 1 atom stereocenters. The second-order valence-electron chi connectivity index (χ2n) is 5.79. The van der Waals surface area contributed by atoms with Crippen molar-refractivity contribution in [3.8, 4) is 0 Å². The Morgan fingerprint density at radius 2 is 1.88 bits per heavy atom. The molecule has 0 radical (unpaired) electrons. The molecule has 0 fully saturated rings. The number of nitrogens with one attached hydrogen (secondary N) is 1. The molecule has 0 saturated heterocycles. The molecule has 2 nitrogen and oxygen atoms in total. The summed E-state index contributed by atoms with van der Waals surface area (Å²) < 4.78 is 0. The van der Waals surface area contributed by atoms with E-state index in [0.29, 0.717) is 0 Å². The summed E-state index contributed by atoms with van der Waals surface area (Å²) in [5, 5.41) is 3.43. The van der Waals surface area contributed by atoms with Gasteiger partial charge in [0, 0.05) is 24.5 Å². The summed E-state index contributed by atoms with van der Waals surface area (Å²) in [7, 11) is 0. The van der Waals surface area contributed by atoms with Gasteiger partial charge in [0.05, 0.1) is 0 Å². The van der Waals surface area contributed by atoms with Crippen molar-refractivity contribution in [3.63, 3.8) is 0 Å². The van der Waals surface area contributed by atoms with Gasteiger partial charge in [0.25, 0.3) is 0 Å². The van der Waals surface area contributed by atoms with Crippen LogP contribution in [0.2, 0.25) is 0 Å². The van der Waals surface area contributed by atoms with Gasteiger partial charge in [0.1, 0.15) is 0 Å². The summed E-state index contributed by atoms with van der Waals surface area (Å²) in [5.41, 5.74) is 9.99. The highest BCUT2D eigenvalue weighted by atomic mass is 14.9. The predicted molar refractivity (Wildman–Crippen MR) is 75.5 cm³/mol.